The molecule has 0 unspecified atom stereocenters. The van der Waals surface area contributed by atoms with Crippen LogP contribution >= 0.6 is 11.3 Å². The molecular weight excluding hydrogens is 483 g/mol. The highest BCUT2D eigenvalue weighted by atomic mass is 32.1. The number of fused-ring (bicyclic) bond motifs is 2. The summed E-state index contributed by atoms with van der Waals surface area (Å²) in [5.41, 5.74) is 1.77. The van der Waals surface area contributed by atoms with E-state index in [9.17, 15) is 14.7 Å². The molecule has 1 aromatic heterocycles. The number of amides is 1. The maximum absolute atomic E-state index is 15.1. The van der Waals surface area contributed by atoms with Crippen LogP contribution in [0.2, 0.25) is 0 Å². The van der Waals surface area contributed by atoms with Gasteiger partial charge in [0.25, 0.3) is 5.78 Å². The maximum Gasteiger partial charge on any atom is 0.301 e. The molecule has 1 saturated heterocycles. The molecule has 1 atom stereocenters. The van der Waals surface area contributed by atoms with Gasteiger partial charge in [-0.3, -0.25) is 14.5 Å². The highest BCUT2D eigenvalue weighted by Crippen LogP contribution is 2.45. The van der Waals surface area contributed by atoms with E-state index in [0.717, 1.165) is 10.3 Å². The van der Waals surface area contributed by atoms with Crippen LogP contribution in [0.3, 0.4) is 0 Å². The Hall–Kier alpha value is -4.24. The number of benzene rings is 3. The molecule has 0 spiro atoms. The summed E-state index contributed by atoms with van der Waals surface area (Å²) in [5.74, 6) is -1.95. The average molecular weight is 503 g/mol. The molecule has 9 heteroatoms. The number of hydrogen-bond acceptors (Lipinski definition) is 7. The van der Waals surface area contributed by atoms with Gasteiger partial charge in [0.1, 0.15) is 30.8 Å². The number of carbonyl (C=O) groups is 2. The highest BCUT2D eigenvalue weighted by Gasteiger charge is 2.49. The molecule has 7 nitrogen and oxygen atoms in total. The van der Waals surface area contributed by atoms with Crippen LogP contribution in [0.1, 0.15) is 22.7 Å². The van der Waals surface area contributed by atoms with Crippen LogP contribution in [-0.2, 0) is 9.59 Å². The number of aromatic nitrogens is 1. The second kappa shape index (κ2) is 8.46. The lowest BCUT2D eigenvalue weighted by Crippen LogP contribution is -2.29. The SMILES string of the molecule is Cc1ccc2nc(N3C(=O)C(=O)/C(=C(/O)c4ccc5c(c4)OCCO5)[C@@H]3c3ccccc3F)sc2c1. The molecule has 0 radical (unpaired) electrons. The van der Waals surface area contributed by atoms with E-state index in [0.29, 0.717) is 30.2 Å². The fourth-order valence-electron chi connectivity index (χ4n) is 4.49. The minimum absolute atomic E-state index is 0.0752. The van der Waals surface area contributed by atoms with Crippen LogP contribution in [0.15, 0.2) is 66.2 Å². The molecule has 36 heavy (non-hydrogen) atoms. The molecule has 3 aromatic carbocycles. The number of hydrogen-bond donors (Lipinski definition) is 1. The minimum Gasteiger partial charge on any atom is -0.507 e. The molecule has 2 aliphatic heterocycles. The Morgan fingerprint density at radius 3 is 2.64 bits per heavy atom. The van der Waals surface area contributed by atoms with Crippen molar-refractivity contribution in [2.24, 2.45) is 0 Å². The van der Waals surface area contributed by atoms with Gasteiger partial charge in [-0.05, 0) is 48.9 Å². The Morgan fingerprint density at radius 2 is 1.83 bits per heavy atom. The monoisotopic (exact) mass is 502 g/mol. The summed E-state index contributed by atoms with van der Waals surface area (Å²) in [6, 6.07) is 15.1. The number of thiazole rings is 1. The van der Waals surface area contributed by atoms with Crippen molar-refractivity contribution in [3.8, 4) is 11.5 Å². The molecular formula is C27H19FN2O5S. The molecule has 6 rings (SSSR count). The molecule has 0 aliphatic carbocycles. The number of aliphatic hydroxyl groups excluding tert-OH is 1. The molecule has 4 aromatic rings. The van der Waals surface area contributed by atoms with Gasteiger partial charge in [0.15, 0.2) is 16.6 Å². The van der Waals surface area contributed by atoms with Gasteiger partial charge in [0.2, 0.25) is 0 Å². The van der Waals surface area contributed by atoms with Crippen molar-refractivity contribution in [3.63, 3.8) is 0 Å². The van der Waals surface area contributed by atoms with Crippen molar-refractivity contribution in [2.45, 2.75) is 13.0 Å². The van der Waals surface area contributed by atoms with Crippen molar-refractivity contribution in [1.29, 1.82) is 0 Å². The molecule has 1 fully saturated rings. The summed E-state index contributed by atoms with van der Waals surface area (Å²) < 4.78 is 27.1. The first kappa shape index (κ1) is 22.2. The fraction of sp³-hybridized carbons (Fsp3) is 0.148. The first-order valence-electron chi connectivity index (χ1n) is 11.2. The second-order valence-corrected chi connectivity index (χ2v) is 9.53. The third-order valence-electron chi connectivity index (χ3n) is 6.20. The third-order valence-corrected chi connectivity index (χ3v) is 7.22. The number of aryl methyl sites for hydroxylation is 1. The van der Waals surface area contributed by atoms with Crippen LogP contribution in [0, 0.1) is 12.7 Å². The average Bonchev–Trinajstić information content (AvgIpc) is 3.41. The van der Waals surface area contributed by atoms with E-state index >= 15 is 4.39 Å². The Bertz CT molecular complexity index is 1590. The number of halogens is 1. The molecule has 180 valence electrons. The number of anilines is 1. The normalized spacial score (nSPS) is 18.7. The molecule has 0 saturated carbocycles. The predicted molar refractivity (Wildman–Crippen MR) is 133 cm³/mol. The fourth-order valence-corrected chi connectivity index (χ4v) is 5.58. The summed E-state index contributed by atoms with van der Waals surface area (Å²) in [6.07, 6.45) is 0. The van der Waals surface area contributed by atoms with Crippen LogP contribution in [-0.4, -0.2) is 35.0 Å². The molecule has 0 bridgehead atoms. The van der Waals surface area contributed by atoms with Crippen LogP contribution in [0.5, 0.6) is 11.5 Å². The van der Waals surface area contributed by atoms with Crippen LogP contribution in [0.4, 0.5) is 9.52 Å². The van der Waals surface area contributed by atoms with Gasteiger partial charge in [-0.2, -0.15) is 0 Å². The molecule has 1 amide bonds. The van der Waals surface area contributed by atoms with E-state index in [2.05, 4.69) is 4.98 Å². The standard InChI is InChI=1S/C27H19FN2O5S/c1-14-6-8-18-21(12-14)36-27(29-18)30-23(16-4-2-3-5-17(16)28)22(25(32)26(30)33)24(31)15-7-9-19-20(13-15)35-11-10-34-19/h2-9,12-13,23,31H,10-11H2,1H3/b24-22+/t23-/m0/s1. The third kappa shape index (κ3) is 3.51. The van der Waals surface area contributed by atoms with Crippen molar-refractivity contribution < 1.29 is 28.6 Å². The lowest BCUT2D eigenvalue weighted by Gasteiger charge is -2.23. The van der Waals surface area contributed by atoms with Crippen LogP contribution in [0.25, 0.3) is 16.0 Å². The second-order valence-electron chi connectivity index (χ2n) is 8.52. The lowest BCUT2D eigenvalue weighted by atomic mass is 9.95. The van der Waals surface area contributed by atoms with Gasteiger partial charge in [-0.15, -0.1) is 0 Å². The van der Waals surface area contributed by atoms with E-state index in [1.54, 1.807) is 18.2 Å². The molecule has 3 heterocycles. The molecule has 1 N–H and O–H groups in total. The zero-order chi connectivity index (χ0) is 25.0. The van der Waals surface area contributed by atoms with Gasteiger partial charge < -0.3 is 14.6 Å². The maximum atomic E-state index is 15.1. The number of rotatable bonds is 3. The predicted octanol–water partition coefficient (Wildman–Crippen LogP) is 5.14. The first-order valence-corrected chi connectivity index (χ1v) is 12.1. The topological polar surface area (TPSA) is 89.0 Å². The smallest absolute Gasteiger partial charge is 0.301 e. The Kier molecular flexibility index (Phi) is 5.22. The van der Waals surface area contributed by atoms with Gasteiger partial charge in [0, 0.05) is 11.1 Å². The van der Waals surface area contributed by atoms with Crippen molar-refractivity contribution >= 4 is 44.1 Å². The largest absolute Gasteiger partial charge is 0.507 e. The van der Waals surface area contributed by atoms with E-state index in [1.807, 2.05) is 25.1 Å². The highest BCUT2D eigenvalue weighted by molar-refractivity contribution is 7.22. The number of carbonyl (C=O) groups excluding carboxylic acids is 2. The lowest BCUT2D eigenvalue weighted by molar-refractivity contribution is -0.132. The Labute approximate surface area is 209 Å². The van der Waals surface area contributed by atoms with E-state index < -0.39 is 29.3 Å². The number of Topliss-reactive ketones (excluding diaryl/α,β-unsaturated/α-hetero) is 1. The summed E-state index contributed by atoms with van der Waals surface area (Å²) in [6.45, 7) is 2.68. The first-order chi connectivity index (χ1) is 17.4. The van der Waals surface area contributed by atoms with Gasteiger partial charge in [-0.1, -0.05) is 35.6 Å². The van der Waals surface area contributed by atoms with Gasteiger partial charge in [-0.25, -0.2) is 9.37 Å². The minimum atomic E-state index is -1.21. The molecule has 2 aliphatic rings. The number of nitrogens with zero attached hydrogens (tertiary/aromatic N) is 2. The van der Waals surface area contributed by atoms with E-state index in [-0.39, 0.29) is 21.8 Å². The summed E-state index contributed by atoms with van der Waals surface area (Å²) in [7, 11) is 0. The van der Waals surface area contributed by atoms with Gasteiger partial charge >= 0.3 is 5.91 Å². The van der Waals surface area contributed by atoms with Crippen molar-refractivity contribution in [1.82, 2.24) is 4.98 Å². The van der Waals surface area contributed by atoms with Crippen LogP contribution < -0.4 is 14.4 Å². The number of ether oxygens (including phenoxy) is 2. The van der Waals surface area contributed by atoms with Crippen molar-refractivity contribution in [3.05, 3.63) is 88.7 Å². The quantitative estimate of drug-likeness (QED) is 0.237. The van der Waals surface area contributed by atoms with E-state index in [1.165, 1.54) is 40.5 Å². The summed E-state index contributed by atoms with van der Waals surface area (Å²) in [5, 5.41) is 11.6. The Morgan fingerprint density at radius 1 is 1.06 bits per heavy atom. The van der Waals surface area contributed by atoms with Gasteiger partial charge in [0.05, 0.1) is 15.8 Å². The number of ketones is 1. The zero-order valence-corrected chi connectivity index (χ0v) is 19.8. The number of aliphatic hydroxyl groups is 1. The summed E-state index contributed by atoms with van der Waals surface area (Å²) in [4.78, 5) is 32.4. The summed E-state index contributed by atoms with van der Waals surface area (Å²) >= 11 is 1.23. The zero-order valence-electron chi connectivity index (χ0n) is 19.0. The van der Waals surface area contributed by atoms with E-state index in [4.69, 9.17) is 9.47 Å². The van der Waals surface area contributed by atoms with Crippen molar-refractivity contribution in [2.75, 3.05) is 18.1 Å². The Balaban J connectivity index is 1.55.